The molecule has 0 fully saturated rings. The van der Waals surface area contributed by atoms with Gasteiger partial charge >= 0.3 is 0 Å². The van der Waals surface area contributed by atoms with Gasteiger partial charge in [-0.2, -0.15) is 0 Å². The lowest BCUT2D eigenvalue weighted by atomic mass is 9.92. The van der Waals surface area contributed by atoms with Gasteiger partial charge in [0.2, 0.25) is 0 Å². The normalized spacial score (nSPS) is 12.9. The van der Waals surface area contributed by atoms with Crippen LogP contribution in [0.5, 0.6) is 0 Å². The first-order valence-electron chi connectivity index (χ1n) is 5.73. The molecule has 0 aromatic rings. The van der Waals surface area contributed by atoms with Gasteiger partial charge in [0, 0.05) is 19.1 Å². The van der Waals surface area contributed by atoms with Crippen LogP contribution in [0.1, 0.15) is 41.0 Å². The topological polar surface area (TPSA) is 15.3 Å². The quantitative estimate of drug-likeness (QED) is 0.708. The van der Waals surface area contributed by atoms with E-state index in [4.69, 9.17) is 0 Å². The molecule has 0 aromatic heterocycles. The molecule has 0 saturated carbocycles. The van der Waals surface area contributed by atoms with Crippen LogP contribution >= 0.6 is 0 Å². The Kier molecular flexibility index (Phi) is 6.38. The average Bonchev–Trinajstić information content (AvgIpc) is 1.99. The number of hydrogen-bond donors (Lipinski definition) is 1. The summed E-state index contributed by atoms with van der Waals surface area (Å²) in [4.78, 5) is 2.40. The summed E-state index contributed by atoms with van der Waals surface area (Å²) >= 11 is 0. The number of nitrogens with zero attached hydrogens (tertiary/aromatic N) is 1. The zero-order valence-electron chi connectivity index (χ0n) is 10.9. The van der Waals surface area contributed by atoms with E-state index in [0.717, 1.165) is 13.1 Å². The Hall–Kier alpha value is -0.0800. The summed E-state index contributed by atoms with van der Waals surface area (Å²) in [7, 11) is 2.20. The molecular weight excluding hydrogens is 172 g/mol. The van der Waals surface area contributed by atoms with Crippen molar-refractivity contribution in [3.8, 4) is 0 Å². The fraction of sp³-hybridized carbons (Fsp3) is 1.00. The molecule has 2 nitrogen and oxygen atoms in total. The average molecular weight is 200 g/mol. The van der Waals surface area contributed by atoms with Gasteiger partial charge in [0.05, 0.1) is 0 Å². The molecule has 0 heterocycles. The SMILES string of the molecule is CC(C)NCCN(C)CCC(C)(C)C. The van der Waals surface area contributed by atoms with Crippen LogP contribution in [-0.2, 0) is 0 Å². The van der Waals surface area contributed by atoms with Crippen LogP contribution in [0, 0.1) is 5.41 Å². The molecule has 0 aliphatic heterocycles. The third-order valence-electron chi connectivity index (χ3n) is 2.29. The Morgan fingerprint density at radius 2 is 1.71 bits per heavy atom. The summed E-state index contributed by atoms with van der Waals surface area (Å²) in [6.45, 7) is 14.7. The Labute approximate surface area is 90.1 Å². The molecule has 2 heteroatoms. The van der Waals surface area contributed by atoms with E-state index < -0.39 is 0 Å². The summed E-state index contributed by atoms with van der Waals surface area (Å²) in [5, 5.41) is 3.43. The zero-order valence-corrected chi connectivity index (χ0v) is 10.9. The van der Waals surface area contributed by atoms with Gasteiger partial charge in [-0.15, -0.1) is 0 Å². The van der Waals surface area contributed by atoms with Crippen molar-refractivity contribution < 1.29 is 0 Å². The summed E-state index contributed by atoms with van der Waals surface area (Å²) < 4.78 is 0. The van der Waals surface area contributed by atoms with Crippen molar-refractivity contribution in [3.05, 3.63) is 0 Å². The molecule has 1 N–H and O–H groups in total. The van der Waals surface area contributed by atoms with Gasteiger partial charge in [-0.25, -0.2) is 0 Å². The van der Waals surface area contributed by atoms with Gasteiger partial charge in [-0.1, -0.05) is 34.6 Å². The fourth-order valence-electron chi connectivity index (χ4n) is 1.18. The third kappa shape index (κ3) is 10.0. The molecule has 86 valence electrons. The van der Waals surface area contributed by atoms with Crippen LogP contribution in [0.25, 0.3) is 0 Å². The number of nitrogens with one attached hydrogen (secondary N) is 1. The van der Waals surface area contributed by atoms with Crippen LogP contribution in [0.15, 0.2) is 0 Å². The van der Waals surface area contributed by atoms with E-state index in [9.17, 15) is 0 Å². The minimum atomic E-state index is 0.458. The van der Waals surface area contributed by atoms with Gasteiger partial charge in [0.25, 0.3) is 0 Å². The second-order valence-electron chi connectivity index (χ2n) is 5.72. The molecule has 0 radical (unpaired) electrons. The number of rotatable bonds is 6. The van der Waals surface area contributed by atoms with Crippen LogP contribution < -0.4 is 5.32 Å². The van der Waals surface area contributed by atoms with Crippen molar-refractivity contribution in [1.29, 1.82) is 0 Å². The molecule has 0 spiro atoms. The maximum atomic E-state index is 3.43. The minimum Gasteiger partial charge on any atom is -0.313 e. The van der Waals surface area contributed by atoms with Crippen molar-refractivity contribution in [2.75, 3.05) is 26.7 Å². The van der Waals surface area contributed by atoms with Crippen LogP contribution in [-0.4, -0.2) is 37.6 Å². The van der Waals surface area contributed by atoms with Crippen LogP contribution in [0.4, 0.5) is 0 Å². The molecule has 0 bridgehead atoms. The van der Waals surface area contributed by atoms with E-state index in [1.54, 1.807) is 0 Å². The maximum absolute atomic E-state index is 3.43. The molecule has 0 aliphatic rings. The molecule has 0 unspecified atom stereocenters. The van der Waals surface area contributed by atoms with Crippen molar-refractivity contribution in [2.24, 2.45) is 5.41 Å². The van der Waals surface area contributed by atoms with E-state index in [1.165, 1.54) is 13.0 Å². The second-order valence-corrected chi connectivity index (χ2v) is 5.72. The first-order chi connectivity index (χ1) is 6.31. The summed E-state index contributed by atoms with van der Waals surface area (Å²) in [6, 6.07) is 0.603. The first kappa shape index (κ1) is 13.9. The van der Waals surface area contributed by atoms with Gasteiger partial charge in [-0.3, -0.25) is 0 Å². The van der Waals surface area contributed by atoms with Gasteiger partial charge in [-0.05, 0) is 25.4 Å². The largest absolute Gasteiger partial charge is 0.313 e. The highest BCUT2D eigenvalue weighted by atomic mass is 15.1. The molecule has 0 rings (SSSR count). The minimum absolute atomic E-state index is 0.458. The van der Waals surface area contributed by atoms with Gasteiger partial charge in [0.1, 0.15) is 0 Å². The van der Waals surface area contributed by atoms with E-state index in [1.807, 2.05) is 0 Å². The van der Waals surface area contributed by atoms with Crippen molar-refractivity contribution in [1.82, 2.24) is 10.2 Å². The molecular formula is C12H28N2. The summed E-state index contributed by atoms with van der Waals surface area (Å²) in [5.74, 6) is 0. The number of likely N-dealkylation sites (N-methyl/N-ethyl adjacent to an activating group) is 1. The molecule has 0 aromatic carbocycles. The first-order valence-corrected chi connectivity index (χ1v) is 5.73. The van der Waals surface area contributed by atoms with Gasteiger partial charge < -0.3 is 10.2 Å². The Balaban J connectivity index is 3.42. The van der Waals surface area contributed by atoms with Gasteiger partial charge in [0.15, 0.2) is 0 Å². The van der Waals surface area contributed by atoms with Crippen molar-refractivity contribution in [2.45, 2.75) is 47.1 Å². The summed E-state index contributed by atoms with van der Waals surface area (Å²) in [5.41, 5.74) is 0.458. The zero-order chi connectivity index (χ0) is 11.2. The van der Waals surface area contributed by atoms with Crippen LogP contribution in [0.2, 0.25) is 0 Å². The van der Waals surface area contributed by atoms with E-state index in [-0.39, 0.29) is 0 Å². The lowest BCUT2D eigenvalue weighted by molar-refractivity contribution is 0.262. The van der Waals surface area contributed by atoms with Crippen molar-refractivity contribution in [3.63, 3.8) is 0 Å². The molecule has 0 aliphatic carbocycles. The lowest BCUT2D eigenvalue weighted by Gasteiger charge is -2.23. The Morgan fingerprint density at radius 1 is 1.14 bits per heavy atom. The lowest BCUT2D eigenvalue weighted by Crippen LogP contribution is -2.34. The Morgan fingerprint density at radius 3 is 2.14 bits per heavy atom. The van der Waals surface area contributed by atoms with Crippen molar-refractivity contribution >= 4 is 0 Å². The third-order valence-corrected chi connectivity index (χ3v) is 2.29. The maximum Gasteiger partial charge on any atom is 0.0104 e. The monoisotopic (exact) mass is 200 g/mol. The van der Waals surface area contributed by atoms with Crippen LogP contribution in [0.3, 0.4) is 0 Å². The standard InChI is InChI=1S/C12H28N2/c1-11(2)13-8-10-14(6)9-7-12(3,4)5/h11,13H,7-10H2,1-6H3. The predicted octanol–water partition coefficient (Wildman–Crippen LogP) is 2.35. The predicted molar refractivity (Wildman–Crippen MR) is 64.7 cm³/mol. The molecule has 0 amide bonds. The van der Waals surface area contributed by atoms with E-state index in [2.05, 4.69) is 51.9 Å². The van der Waals surface area contributed by atoms with E-state index in [0.29, 0.717) is 11.5 Å². The number of hydrogen-bond acceptors (Lipinski definition) is 2. The summed E-state index contributed by atoms with van der Waals surface area (Å²) in [6.07, 6.45) is 1.27. The smallest absolute Gasteiger partial charge is 0.0104 e. The molecule has 0 atom stereocenters. The van der Waals surface area contributed by atoms with E-state index >= 15 is 0 Å². The Bertz CT molecular complexity index is 136. The highest BCUT2D eigenvalue weighted by Gasteiger charge is 2.10. The molecule has 14 heavy (non-hydrogen) atoms. The second kappa shape index (κ2) is 6.41. The fourth-order valence-corrected chi connectivity index (χ4v) is 1.18. The highest BCUT2D eigenvalue weighted by Crippen LogP contribution is 2.18. The molecule has 0 saturated heterocycles. The highest BCUT2D eigenvalue weighted by molar-refractivity contribution is 4.65.